The summed E-state index contributed by atoms with van der Waals surface area (Å²) in [5, 5.41) is 1.35. The number of benzene rings is 1. The largest absolute Gasteiger partial charge is 0.325 e. The van der Waals surface area contributed by atoms with Gasteiger partial charge < -0.3 is 4.57 Å². The van der Waals surface area contributed by atoms with Gasteiger partial charge in [0.1, 0.15) is 5.82 Å². The highest BCUT2D eigenvalue weighted by atomic mass is 35.5. The summed E-state index contributed by atoms with van der Waals surface area (Å²) < 4.78 is 2.32. The Labute approximate surface area is 122 Å². The van der Waals surface area contributed by atoms with Gasteiger partial charge in [-0.2, -0.15) is 0 Å². The van der Waals surface area contributed by atoms with E-state index in [-0.39, 0.29) is 0 Å². The molecule has 1 aromatic carbocycles. The molecule has 0 bridgehead atoms. The van der Waals surface area contributed by atoms with E-state index in [4.69, 9.17) is 23.2 Å². The molecule has 0 spiro atoms. The first kappa shape index (κ1) is 11.8. The molecule has 19 heavy (non-hydrogen) atoms. The molecule has 0 amide bonds. The zero-order valence-corrected chi connectivity index (χ0v) is 12.0. The molecule has 2 nitrogen and oxygen atoms in total. The predicted molar refractivity (Wildman–Crippen MR) is 77.6 cm³/mol. The van der Waals surface area contributed by atoms with Crippen LogP contribution in [-0.2, 0) is 5.54 Å². The fourth-order valence-corrected chi connectivity index (χ4v) is 3.72. The number of hydrogen-bond acceptors (Lipinski definition) is 1. The third-order valence-corrected chi connectivity index (χ3v) is 5.04. The molecule has 2 aromatic rings. The quantitative estimate of drug-likeness (QED) is 0.798. The van der Waals surface area contributed by atoms with Crippen molar-refractivity contribution in [2.24, 2.45) is 5.92 Å². The third-order valence-electron chi connectivity index (χ3n) is 4.41. The van der Waals surface area contributed by atoms with E-state index >= 15 is 0 Å². The molecule has 1 heterocycles. The first-order chi connectivity index (χ1) is 9.22. The van der Waals surface area contributed by atoms with E-state index in [2.05, 4.69) is 15.7 Å². The number of imidazole rings is 1. The van der Waals surface area contributed by atoms with E-state index in [1.54, 1.807) is 0 Å². The van der Waals surface area contributed by atoms with Gasteiger partial charge >= 0.3 is 0 Å². The van der Waals surface area contributed by atoms with Crippen molar-refractivity contribution in [3.63, 3.8) is 0 Å². The first-order valence-electron chi connectivity index (χ1n) is 6.70. The Kier molecular flexibility index (Phi) is 2.49. The maximum absolute atomic E-state index is 6.32. The summed E-state index contributed by atoms with van der Waals surface area (Å²) in [6.45, 7) is 0. The van der Waals surface area contributed by atoms with Crippen LogP contribution in [0.25, 0.3) is 11.4 Å². The van der Waals surface area contributed by atoms with Gasteiger partial charge in [-0.15, -0.1) is 0 Å². The summed E-state index contributed by atoms with van der Waals surface area (Å²) in [5.41, 5.74) is 1.16. The van der Waals surface area contributed by atoms with Crippen molar-refractivity contribution in [1.29, 1.82) is 0 Å². The van der Waals surface area contributed by atoms with E-state index in [0.717, 1.165) is 17.3 Å². The van der Waals surface area contributed by atoms with Gasteiger partial charge in [0.05, 0.1) is 15.6 Å². The second kappa shape index (κ2) is 4.00. The summed E-state index contributed by atoms with van der Waals surface area (Å²) in [7, 11) is 0. The van der Waals surface area contributed by atoms with E-state index in [1.165, 1.54) is 25.7 Å². The van der Waals surface area contributed by atoms with Crippen LogP contribution in [0.1, 0.15) is 25.7 Å². The molecule has 0 radical (unpaired) electrons. The summed E-state index contributed by atoms with van der Waals surface area (Å²) in [6.07, 6.45) is 9.13. The molecule has 0 N–H and O–H groups in total. The fourth-order valence-electron chi connectivity index (χ4n) is 3.15. The van der Waals surface area contributed by atoms with Crippen LogP contribution in [0.3, 0.4) is 0 Å². The zero-order chi connectivity index (χ0) is 13.0. The molecule has 0 unspecified atom stereocenters. The maximum Gasteiger partial charge on any atom is 0.143 e. The minimum Gasteiger partial charge on any atom is -0.325 e. The van der Waals surface area contributed by atoms with Crippen LogP contribution in [-0.4, -0.2) is 9.55 Å². The number of hydrogen-bond donors (Lipinski definition) is 0. The second-order valence-corrected chi connectivity index (χ2v) is 6.41. The highest BCUT2D eigenvalue weighted by Crippen LogP contribution is 2.60. The van der Waals surface area contributed by atoms with Crippen molar-refractivity contribution in [2.75, 3.05) is 0 Å². The molecule has 0 atom stereocenters. The van der Waals surface area contributed by atoms with E-state index in [9.17, 15) is 0 Å². The van der Waals surface area contributed by atoms with Crippen molar-refractivity contribution < 1.29 is 0 Å². The average molecular weight is 293 g/mol. The second-order valence-electron chi connectivity index (χ2n) is 5.60. The van der Waals surface area contributed by atoms with Gasteiger partial charge in [0.15, 0.2) is 0 Å². The van der Waals surface area contributed by atoms with Crippen molar-refractivity contribution in [1.82, 2.24) is 9.55 Å². The van der Waals surface area contributed by atoms with Crippen molar-refractivity contribution >= 4 is 23.2 Å². The molecule has 4 rings (SSSR count). The SMILES string of the molecule is Clc1cccc(Cl)c1-c1nccn1C1(C2CC2)CC1. The molecule has 2 aliphatic rings. The Hall–Kier alpha value is -0.990. The summed E-state index contributed by atoms with van der Waals surface area (Å²) in [5.74, 6) is 1.74. The van der Waals surface area contributed by atoms with Crippen LogP contribution in [0.2, 0.25) is 10.0 Å². The van der Waals surface area contributed by atoms with Gasteiger partial charge in [0.2, 0.25) is 0 Å². The standard InChI is InChI=1S/C15H14Cl2N2/c16-11-2-1-3-12(17)13(11)14-18-8-9-19(14)15(6-7-15)10-4-5-10/h1-3,8-10H,4-7H2. The van der Waals surface area contributed by atoms with Crippen LogP contribution in [0.15, 0.2) is 30.6 Å². The smallest absolute Gasteiger partial charge is 0.143 e. The summed E-state index contributed by atoms with van der Waals surface area (Å²) in [6, 6.07) is 5.62. The third kappa shape index (κ3) is 1.73. The number of halogens is 2. The molecule has 4 heteroatoms. The summed E-state index contributed by atoms with van der Waals surface area (Å²) in [4.78, 5) is 4.52. The van der Waals surface area contributed by atoms with Gasteiger partial charge in [-0.25, -0.2) is 4.98 Å². The lowest BCUT2D eigenvalue weighted by atomic mass is 10.1. The normalized spacial score (nSPS) is 20.5. The number of rotatable bonds is 3. The minimum absolute atomic E-state index is 0.300. The Morgan fingerprint density at radius 2 is 1.84 bits per heavy atom. The number of nitrogens with zero attached hydrogens (tertiary/aromatic N) is 2. The lowest BCUT2D eigenvalue weighted by Gasteiger charge is -2.20. The average Bonchev–Trinajstić information content (AvgIpc) is 3.28. The fraction of sp³-hybridized carbons (Fsp3) is 0.400. The lowest BCUT2D eigenvalue weighted by molar-refractivity contribution is 0.425. The van der Waals surface area contributed by atoms with Crippen molar-refractivity contribution in [3.05, 3.63) is 40.6 Å². The topological polar surface area (TPSA) is 17.8 Å². The highest BCUT2D eigenvalue weighted by molar-refractivity contribution is 6.39. The van der Waals surface area contributed by atoms with Crippen molar-refractivity contribution in [3.8, 4) is 11.4 Å². The highest BCUT2D eigenvalue weighted by Gasteiger charge is 2.56. The van der Waals surface area contributed by atoms with Crippen LogP contribution >= 0.6 is 23.2 Å². The van der Waals surface area contributed by atoms with E-state index in [0.29, 0.717) is 15.6 Å². The predicted octanol–water partition coefficient (Wildman–Crippen LogP) is 4.76. The molecule has 2 fully saturated rings. The van der Waals surface area contributed by atoms with Crippen LogP contribution < -0.4 is 0 Å². The Balaban J connectivity index is 1.87. The molecule has 2 saturated carbocycles. The molecular formula is C15H14Cl2N2. The van der Waals surface area contributed by atoms with Crippen LogP contribution in [0.4, 0.5) is 0 Å². The molecule has 98 valence electrons. The Morgan fingerprint density at radius 1 is 1.16 bits per heavy atom. The van der Waals surface area contributed by atoms with E-state index < -0.39 is 0 Å². The van der Waals surface area contributed by atoms with Crippen LogP contribution in [0, 0.1) is 5.92 Å². The summed E-state index contributed by atoms with van der Waals surface area (Å²) >= 11 is 12.6. The number of aromatic nitrogens is 2. The molecule has 0 saturated heterocycles. The van der Waals surface area contributed by atoms with Gasteiger partial charge in [0, 0.05) is 17.9 Å². The first-order valence-corrected chi connectivity index (χ1v) is 7.46. The molecule has 1 aromatic heterocycles. The zero-order valence-electron chi connectivity index (χ0n) is 10.4. The van der Waals surface area contributed by atoms with Crippen molar-refractivity contribution in [2.45, 2.75) is 31.2 Å². The van der Waals surface area contributed by atoms with E-state index in [1.807, 2.05) is 24.4 Å². The Morgan fingerprint density at radius 3 is 2.42 bits per heavy atom. The lowest BCUT2D eigenvalue weighted by Crippen LogP contribution is -2.19. The van der Waals surface area contributed by atoms with Gasteiger partial charge in [0.25, 0.3) is 0 Å². The van der Waals surface area contributed by atoms with Gasteiger partial charge in [-0.05, 0) is 43.7 Å². The molecule has 2 aliphatic carbocycles. The minimum atomic E-state index is 0.300. The Bertz CT molecular complexity index is 619. The van der Waals surface area contributed by atoms with Gasteiger partial charge in [-0.1, -0.05) is 29.3 Å². The van der Waals surface area contributed by atoms with Gasteiger partial charge in [-0.3, -0.25) is 0 Å². The van der Waals surface area contributed by atoms with Crippen LogP contribution in [0.5, 0.6) is 0 Å². The molecular weight excluding hydrogens is 279 g/mol. The maximum atomic E-state index is 6.32. The molecule has 0 aliphatic heterocycles. The monoisotopic (exact) mass is 292 g/mol.